The minimum absolute atomic E-state index is 0.483. The van der Waals surface area contributed by atoms with Crippen molar-refractivity contribution in [3.63, 3.8) is 0 Å². The van der Waals surface area contributed by atoms with Gasteiger partial charge in [0.2, 0.25) is 0 Å². The molecule has 2 rings (SSSR count). The fourth-order valence-electron chi connectivity index (χ4n) is 1.81. The second-order valence-electron chi connectivity index (χ2n) is 4.11. The molecule has 0 aliphatic rings. The van der Waals surface area contributed by atoms with E-state index in [1.165, 1.54) is 0 Å². The zero-order valence-electron chi connectivity index (χ0n) is 10.4. The first-order chi connectivity index (χ1) is 8.81. The third kappa shape index (κ3) is 3.20. The van der Waals surface area contributed by atoms with Gasteiger partial charge in [0.1, 0.15) is 5.82 Å². The van der Waals surface area contributed by atoms with Crippen LogP contribution in [-0.4, -0.2) is 23.6 Å². The number of rotatable bonds is 5. The van der Waals surface area contributed by atoms with Gasteiger partial charge in [-0.15, -0.1) is 11.6 Å². The largest absolute Gasteiger partial charge is 0.359 e. The molecule has 0 spiro atoms. The molecule has 2 aromatic heterocycles. The monoisotopic (exact) mass is 261 g/mol. The van der Waals surface area contributed by atoms with Crippen molar-refractivity contribution < 1.29 is 0 Å². The van der Waals surface area contributed by atoms with Gasteiger partial charge in [0.25, 0.3) is 0 Å². The molecule has 0 saturated heterocycles. The first kappa shape index (κ1) is 12.8. The van der Waals surface area contributed by atoms with Gasteiger partial charge >= 0.3 is 0 Å². The van der Waals surface area contributed by atoms with Crippen LogP contribution in [0.15, 0.2) is 42.7 Å². The van der Waals surface area contributed by atoms with Crippen molar-refractivity contribution in [1.29, 1.82) is 0 Å². The van der Waals surface area contributed by atoms with Gasteiger partial charge in [-0.3, -0.25) is 4.98 Å². The van der Waals surface area contributed by atoms with Crippen molar-refractivity contribution in [2.75, 3.05) is 18.5 Å². The predicted molar refractivity (Wildman–Crippen MR) is 75.0 cm³/mol. The van der Waals surface area contributed by atoms with Crippen molar-refractivity contribution in [3.8, 4) is 0 Å². The Balaban J connectivity index is 2.01. The molecule has 0 fully saturated rings. The summed E-state index contributed by atoms with van der Waals surface area (Å²) in [6.45, 7) is 0.873. The molecule has 0 N–H and O–H groups in total. The Morgan fingerprint density at radius 1 is 1.11 bits per heavy atom. The molecule has 94 valence electrons. The molecule has 0 aromatic carbocycles. The normalized spacial score (nSPS) is 10.3. The molecule has 18 heavy (non-hydrogen) atoms. The van der Waals surface area contributed by atoms with Crippen molar-refractivity contribution >= 4 is 17.4 Å². The van der Waals surface area contributed by atoms with E-state index in [1.807, 2.05) is 43.6 Å². The highest BCUT2D eigenvalue weighted by molar-refractivity contribution is 6.17. The number of hydrogen-bond donors (Lipinski definition) is 0. The van der Waals surface area contributed by atoms with E-state index >= 15 is 0 Å². The minimum Gasteiger partial charge on any atom is -0.359 e. The van der Waals surface area contributed by atoms with Crippen LogP contribution in [-0.2, 0) is 12.3 Å². The quantitative estimate of drug-likeness (QED) is 0.775. The van der Waals surface area contributed by atoms with Crippen LogP contribution in [0.2, 0.25) is 0 Å². The lowest BCUT2D eigenvalue weighted by molar-refractivity contribution is 0.834. The van der Waals surface area contributed by atoms with Crippen molar-refractivity contribution in [2.24, 2.45) is 0 Å². The van der Waals surface area contributed by atoms with Crippen molar-refractivity contribution in [3.05, 3.63) is 54.0 Å². The van der Waals surface area contributed by atoms with Gasteiger partial charge < -0.3 is 4.90 Å². The number of anilines is 1. The molecule has 2 aromatic rings. The Bertz CT molecular complexity index is 487. The molecule has 0 aliphatic heterocycles. The van der Waals surface area contributed by atoms with Crippen LogP contribution in [0.1, 0.15) is 11.3 Å². The van der Waals surface area contributed by atoms with Gasteiger partial charge in [-0.25, -0.2) is 4.98 Å². The van der Waals surface area contributed by atoms with Gasteiger partial charge in [0.05, 0.1) is 5.88 Å². The maximum atomic E-state index is 5.91. The van der Waals surface area contributed by atoms with Crippen LogP contribution in [0, 0.1) is 0 Å². The second kappa shape index (κ2) is 6.36. The van der Waals surface area contributed by atoms with Gasteiger partial charge in [-0.1, -0.05) is 12.1 Å². The average molecular weight is 262 g/mol. The number of nitrogens with zero attached hydrogens (tertiary/aromatic N) is 3. The molecule has 0 atom stereocenters. The summed E-state index contributed by atoms with van der Waals surface area (Å²) in [7, 11) is 2.03. The van der Waals surface area contributed by atoms with Crippen LogP contribution in [0.4, 0.5) is 5.82 Å². The van der Waals surface area contributed by atoms with E-state index in [2.05, 4.69) is 14.9 Å². The summed E-state index contributed by atoms with van der Waals surface area (Å²) in [5.74, 6) is 1.43. The van der Waals surface area contributed by atoms with Crippen molar-refractivity contribution in [1.82, 2.24) is 9.97 Å². The van der Waals surface area contributed by atoms with E-state index < -0.39 is 0 Å². The smallest absolute Gasteiger partial charge is 0.132 e. The Morgan fingerprint density at radius 2 is 1.94 bits per heavy atom. The number of alkyl halides is 1. The zero-order chi connectivity index (χ0) is 12.8. The molecule has 0 aliphatic carbocycles. The first-order valence-electron chi connectivity index (χ1n) is 5.92. The number of halogens is 1. The van der Waals surface area contributed by atoms with Crippen LogP contribution < -0.4 is 4.90 Å². The van der Waals surface area contributed by atoms with Crippen molar-refractivity contribution in [2.45, 2.75) is 12.3 Å². The number of aromatic nitrogens is 2. The molecule has 2 heterocycles. The van der Waals surface area contributed by atoms with E-state index in [9.17, 15) is 0 Å². The standard InChI is InChI=1S/C14H16ClN3/c1-18(10-7-13-6-2-3-8-16-13)14-12(11-15)5-4-9-17-14/h2-6,8-9H,7,10-11H2,1H3. The molecule has 0 radical (unpaired) electrons. The molecule has 0 unspecified atom stereocenters. The zero-order valence-corrected chi connectivity index (χ0v) is 11.1. The summed E-state index contributed by atoms with van der Waals surface area (Å²) in [4.78, 5) is 10.8. The molecule has 3 nitrogen and oxygen atoms in total. The number of likely N-dealkylation sites (N-methyl/N-ethyl adjacent to an activating group) is 1. The maximum absolute atomic E-state index is 5.91. The third-order valence-electron chi connectivity index (χ3n) is 2.80. The lowest BCUT2D eigenvalue weighted by Crippen LogP contribution is -2.22. The first-order valence-corrected chi connectivity index (χ1v) is 6.45. The minimum atomic E-state index is 0.483. The van der Waals surface area contributed by atoms with Crippen LogP contribution in [0.25, 0.3) is 0 Å². The summed E-state index contributed by atoms with van der Waals surface area (Å²) in [5.41, 5.74) is 2.15. The van der Waals surface area contributed by atoms with E-state index in [1.54, 1.807) is 6.20 Å². The molecular weight excluding hydrogens is 246 g/mol. The highest BCUT2D eigenvalue weighted by atomic mass is 35.5. The SMILES string of the molecule is CN(CCc1ccccn1)c1ncccc1CCl. The molecule has 4 heteroatoms. The third-order valence-corrected chi connectivity index (χ3v) is 3.09. The van der Waals surface area contributed by atoms with E-state index in [0.717, 1.165) is 30.0 Å². The summed E-state index contributed by atoms with van der Waals surface area (Å²) in [5, 5.41) is 0. The molecule has 0 amide bonds. The molecule has 0 bridgehead atoms. The summed E-state index contributed by atoms with van der Waals surface area (Å²) < 4.78 is 0. The number of pyridine rings is 2. The van der Waals surface area contributed by atoms with Gasteiger partial charge in [0.15, 0.2) is 0 Å². The lowest BCUT2D eigenvalue weighted by atomic mass is 10.2. The van der Waals surface area contributed by atoms with Crippen LogP contribution in [0.3, 0.4) is 0 Å². The Morgan fingerprint density at radius 3 is 2.67 bits per heavy atom. The Labute approximate surface area is 112 Å². The second-order valence-corrected chi connectivity index (χ2v) is 4.38. The van der Waals surface area contributed by atoms with Gasteiger partial charge in [0, 0.05) is 43.7 Å². The highest BCUT2D eigenvalue weighted by Gasteiger charge is 2.07. The molecule has 0 saturated carbocycles. The molecular formula is C14H16ClN3. The lowest BCUT2D eigenvalue weighted by Gasteiger charge is -2.20. The Kier molecular flexibility index (Phi) is 4.53. The Hall–Kier alpha value is -1.61. The number of hydrogen-bond acceptors (Lipinski definition) is 3. The van der Waals surface area contributed by atoms with E-state index in [4.69, 9.17) is 11.6 Å². The highest BCUT2D eigenvalue weighted by Crippen LogP contribution is 2.17. The van der Waals surface area contributed by atoms with Crippen LogP contribution >= 0.6 is 11.6 Å². The summed E-state index contributed by atoms with van der Waals surface area (Å²) in [6.07, 6.45) is 4.51. The van der Waals surface area contributed by atoms with E-state index in [0.29, 0.717) is 5.88 Å². The fraction of sp³-hybridized carbons (Fsp3) is 0.286. The van der Waals surface area contributed by atoms with Crippen LogP contribution in [0.5, 0.6) is 0 Å². The topological polar surface area (TPSA) is 29.0 Å². The van der Waals surface area contributed by atoms with E-state index in [-0.39, 0.29) is 0 Å². The van der Waals surface area contributed by atoms with Gasteiger partial charge in [-0.05, 0) is 18.2 Å². The maximum Gasteiger partial charge on any atom is 0.132 e. The fourth-order valence-corrected chi connectivity index (χ4v) is 2.02. The predicted octanol–water partition coefficient (Wildman–Crippen LogP) is 2.89. The summed E-state index contributed by atoms with van der Waals surface area (Å²) >= 11 is 5.91. The van der Waals surface area contributed by atoms with Gasteiger partial charge in [-0.2, -0.15) is 0 Å². The average Bonchev–Trinajstić information content (AvgIpc) is 2.45. The summed E-state index contributed by atoms with van der Waals surface area (Å²) in [6, 6.07) is 9.89.